The highest BCUT2D eigenvalue weighted by Gasteiger charge is 2.44. The third-order valence-corrected chi connectivity index (χ3v) is 5.97. The summed E-state index contributed by atoms with van der Waals surface area (Å²) in [4.78, 5) is 26.9. The molecular formula is C23H24N2O4. The van der Waals surface area contributed by atoms with Crippen molar-refractivity contribution in [1.29, 1.82) is 0 Å². The number of amides is 2. The van der Waals surface area contributed by atoms with Gasteiger partial charge in [0.15, 0.2) is 11.5 Å². The SMILES string of the molecule is O=C(Nc1ccc2c(c1)OC1(CCCC1)O2)C1CC(=O)N(Cc2ccccc2)C1. The minimum absolute atomic E-state index is 0.0165. The van der Waals surface area contributed by atoms with Gasteiger partial charge in [-0.15, -0.1) is 0 Å². The van der Waals surface area contributed by atoms with E-state index < -0.39 is 5.79 Å². The number of benzene rings is 2. The lowest BCUT2D eigenvalue weighted by Gasteiger charge is -2.21. The molecular weight excluding hydrogens is 368 g/mol. The van der Waals surface area contributed by atoms with Crippen molar-refractivity contribution in [2.45, 2.75) is 44.4 Å². The largest absolute Gasteiger partial charge is 0.448 e. The van der Waals surface area contributed by atoms with Gasteiger partial charge in [0.25, 0.3) is 5.79 Å². The highest BCUT2D eigenvalue weighted by atomic mass is 16.7. The molecule has 1 unspecified atom stereocenters. The standard InChI is InChI=1S/C23H24N2O4/c26-21-12-17(15-25(21)14-16-6-2-1-3-7-16)22(27)24-18-8-9-19-20(13-18)29-23(28-19)10-4-5-11-23/h1-3,6-9,13,17H,4-5,10-12,14-15H2,(H,24,27). The van der Waals surface area contributed by atoms with Crippen molar-refractivity contribution in [3.8, 4) is 11.5 Å². The quantitative estimate of drug-likeness (QED) is 0.861. The molecule has 1 saturated heterocycles. The predicted octanol–water partition coefficient (Wildman–Crippen LogP) is 3.72. The molecule has 3 aliphatic rings. The predicted molar refractivity (Wildman–Crippen MR) is 107 cm³/mol. The number of likely N-dealkylation sites (tertiary alicyclic amines) is 1. The smallest absolute Gasteiger partial charge is 0.251 e. The second-order valence-electron chi connectivity index (χ2n) is 8.13. The van der Waals surface area contributed by atoms with Crippen LogP contribution in [-0.4, -0.2) is 29.0 Å². The van der Waals surface area contributed by atoms with Crippen LogP contribution in [0.5, 0.6) is 11.5 Å². The summed E-state index contributed by atoms with van der Waals surface area (Å²) in [5.74, 6) is 0.428. The average molecular weight is 392 g/mol. The number of fused-ring (bicyclic) bond motifs is 1. The molecule has 0 bridgehead atoms. The molecule has 1 saturated carbocycles. The van der Waals surface area contributed by atoms with Gasteiger partial charge in [-0.05, 0) is 30.5 Å². The first-order valence-corrected chi connectivity index (χ1v) is 10.2. The molecule has 1 aliphatic carbocycles. The van der Waals surface area contributed by atoms with Gasteiger partial charge in [0.1, 0.15) is 0 Å². The summed E-state index contributed by atoms with van der Waals surface area (Å²) in [5.41, 5.74) is 1.74. The van der Waals surface area contributed by atoms with Crippen molar-refractivity contribution in [3.63, 3.8) is 0 Å². The van der Waals surface area contributed by atoms with E-state index in [1.165, 1.54) is 0 Å². The van der Waals surface area contributed by atoms with Crippen molar-refractivity contribution in [3.05, 3.63) is 54.1 Å². The Morgan fingerprint density at radius 2 is 1.83 bits per heavy atom. The molecule has 2 aromatic rings. The van der Waals surface area contributed by atoms with E-state index in [1.807, 2.05) is 48.5 Å². The minimum Gasteiger partial charge on any atom is -0.448 e. The van der Waals surface area contributed by atoms with Crippen LogP contribution < -0.4 is 14.8 Å². The molecule has 2 aromatic carbocycles. The van der Waals surface area contributed by atoms with Crippen LogP contribution in [0, 0.1) is 5.92 Å². The van der Waals surface area contributed by atoms with Gasteiger partial charge in [-0.2, -0.15) is 0 Å². The Morgan fingerprint density at radius 1 is 1.07 bits per heavy atom. The number of rotatable bonds is 4. The van der Waals surface area contributed by atoms with E-state index in [1.54, 1.807) is 4.90 Å². The number of ether oxygens (including phenoxy) is 2. The Balaban J connectivity index is 1.22. The molecule has 1 N–H and O–H groups in total. The minimum atomic E-state index is -0.513. The summed E-state index contributed by atoms with van der Waals surface area (Å²) in [6.45, 7) is 0.975. The van der Waals surface area contributed by atoms with Crippen LogP contribution in [0.15, 0.2) is 48.5 Å². The molecule has 1 atom stereocenters. The molecule has 2 aliphatic heterocycles. The Labute approximate surface area is 169 Å². The molecule has 1 spiro atoms. The summed E-state index contributed by atoms with van der Waals surface area (Å²) in [6, 6.07) is 15.3. The third kappa shape index (κ3) is 3.55. The summed E-state index contributed by atoms with van der Waals surface area (Å²) in [7, 11) is 0. The van der Waals surface area contributed by atoms with Crippen LogP contribution in [0.2, 0.25) is 0 Å². The van der Waals surface area contributed by atoms with Gasteiger partial charge in [-0.3, -0.25) is 9.59 Å². The highest BCUT2D eigenvalue weighted by Crippen LogP contribution is 2.47. The first-order valence-electron chi connectivity index (χ1n) is 10.2. The maximum absolute atomic E-state index is 12.7. The van der Waals surface area contributed by atoms with Crippen molar-refractivity contribution in [2.75, 3.05) is 11.9 Å². The number of nitrogens with zero attached hydrogens (tertiary/aromatic N) is 1. The number of hydrogen-bond acceptors (Lipinski definition) is 4. The third-order valence-electron chi connectivity index (χ3n) is 5.97. The average Bonchev–Trinajstić information content (AvgIpc) is 3.42. The lowest BCUT2D eigenvalue weighted by atomic mass is 10.1. The van der Waals surface area contributed by atoms with E-state index in [9.17, 15) is 9.59 Å². The monoisotopic (exact) mass is 392 g/mol. The second-order valence-corrected chi connectivity index (χ2v) is 8.13. The number of anilines is 1. The molecule has 5 rings (SSSR count). The van der Waals surface area contributed by atoms with Crippen LogP contribution in [0.1, 0.15) is 37.7 Å². The first kappa shape index (κ1) is 18.0. The normalized spacial score (nSPS) is 21.7. The maximum Gasteiger partial charge on any atom is 0.251 e. The number of nitrogens with one attached hydrogen (secondary N) is 1. The maximum atomic E-state index is 12.7. The van der Waals surface area contributed by atoms with E-state index in [0.29, 0.717) is 24.5 Å². The Hall–Kier alpha value is -3.02. The summed E-state index contributed by atoms with van der Waals surface area (Å²) < 4.78 is 12.1. The Bertz CT molecular complexity index is 937. The van der Waals surface area contributed by atoms with Crippen LogP contribution in [0.3, 0.4) is 0 Å². The number of carbonyl (C=O) groups is 2. The van der Waals surface area contributed by atoms with Gasteiger partial charge < -0.3 is 19.7 Å². The van der Waals surface area contributed by atoms with Crippen molar-refractivity contribution >= 4 is 17.5 Å². The van der Waals surface area contributed by atoms with Crippen LogP contribution in [0.25, 0.3) is 0 Å². The number of hydrogen-bond donors (Lipinski definition) is 1. The van der Waals surface area contributed by atoms with E-state index in [-0.39, 0.29) is 24.2 Å². The Kier molecular flexibility index (Phi) is 4.42. The second kappa shape index (κ2) is 7.10. The zero-order chi connectivity index (χ0) is 19.8. The van der Waals surface area contributed by atoms with Gasteiger partial charge in [0.05, 0.1) is 5.92 Å². The molecule has 150 valence electrons. The fourth-order valence-electron chi connectivity index (χ4n) is 4.44. The molecule has 0 aromatic heterocycles. The molecule has 29 heavy (non-hydrogen) atoms. The summed E-state index contributed by atoms with van der Waals surface area (Å²) in [6.07, 6.45) is 4.24. The zero-order valence-electron chi connectivity index (χ0n) is 16.2. The van der Waals surface area contributed by atoms with E-state index in [0.717, 1.165) is 37.0 Å². The highest BCUT2D eigenvalue weighted by molar-refractivity contribution is 5.97. The molecule has 0 radical (unpaired) electrons. The van der Waals surface area contributed by atoms with Gasteiger partial charge in [0.2, 0.25) is 11.8 Å². The first-order chi connectivity index (χ1) is 14.1. The van der Waals surface area contributed by atoms with Crippen LogP contribution in [-0.2, 0) is 16.1 Å². The molecule has 6 nitrogen and oxygen atoms in total. The van der Waals surface area contributed by atoms with Crippen LogP contribution in [0.4, 0.5) is 5.69 Å². The van der Waals surface area contributed by atoms with Crippen LogP contribution >= 0.6 is 0 Å². The molecule has 6 heteroatoms. The number of carbonyl (C=O) groups excluding carboxylic acids is 2. The van der Waals surface area contributed by atoms with Gasteiger partial charge in [-0.25, -0.2) is 0 Å². The lowest BCUT2D eigenvalue weighted by Crippen LogP contribution is -2.34. The van der Waals surface area contributed by atoms with E-state index in [2.05, 4.69) is 5.32 Å². The molecule has 2 amide bonds. The van der Waals surface area contributed by atoms with Gasteiger partial charge in [-0.1, -0.05) is 30.3 Å². The molecule has 2 fully saturated rings. The molecule has 2 heterocycles. The van der Waals surface area contributed by atoms with Gasteiger partial charge in [0, 0.05) is 44.1 Å². The lowest BCUT2D eigenvalue weighted by molar-refractivity contribution is -0.128. The summed E-state index contributed by atoms with van der Waals surface area (Å²) in [5, 5.41) is 2.94. The van der Waals surface area contributed by atoms with Crippen molar-refractivity contribution in [1.82, 2.24) is 4.90 Å². The zero-order valence-corrected chi connectivity index (χ0v) is 16.2. The van der Waals surface area contributed by atoms with Crippen molar-refractivity contribution in [2.24, 2.45) is 5.92 Å². The summed E-state index contributed by atoms with van der Waals surface area (Å²) >= 11 is 0. The van der Waals surface area contributed by atoms with E-state index >= 15 is 0 Å². The van der Waals surface area contributed by atoms with E-state index in [4.69, 9.17) is 9.47 Å². The topological polar surface area (TPSA) is 67.9 Å². The fourth-order valence-corrected chi connectivity index (χ4v) is 4.44. The Morgan fingerprint density at radius 3 is 2.62 bits per heavy atom. The van der Waals surface area contributed by atoms with Gasteiger partial charge >= 0.3 is 0 Å². The fraction of sp³-hybridized carbons (Fsp3) is 0.391. The van der Waals surface area contributed by atoms with Crippen molar-refractivity contribution < 1.29 is 19.1 Å².